The second-order valence-corrected chi connectivity index (χ2v) is 8.92. The van der Waals surface area contributed by atoms with Crippen LogP contribution in [0.4, 0.5) is 22.0 Å². The van der Waals surface area contributed by atoms with Crippen LogP contribution < -0.4 is 0 Å². The summed E-state index contributed by atoms with van der Waals surface area (Å²) in [5.41, 5.74) is 0. The monoisotopic (exact) mass is 458 g/mol. The van der Waals surface area contributed by atoms with Crippen molar-refractivity contribution in [1.29, 1.82) is 0 Å². The quantitative estimate of drug-likeness (QED) is 0.142. The molecule has 0 radical (unpaired) electrons. The Balaban J connectivity index is 1.72. The molecule has 1 aliphatic heterocycles. The lowest BCUT2D eigenvalue weighted by molar-refractivity contribution is -0.284. The molecule has 1 fully saturated rings. The van der Waals surface area contributed by atoms with E-state index >= 15 is 0 Å². The highest BCUT2D eigenvalue weighted by atomic mass is 19.4. The van der Waals surface area contributed by atoms with E-state index in [0.29, 0.717) is 6.42 Å². The van der Waals surface area contributed by atoms with Gasteiger partial charge in [-0.3, -0.25) is 0 Å². The maximum Gasteiger partial charge on any atom is 0.453 e. The fraction of sp³-hybridized carbons (Fsp3) is 1.00. The first kappa shape index (κ1) is 28.6. The summed E-state index contributed by atoms with van der Waals surface area (Å²) in [6.07, 6.45) is 12.3. The molecule has 0 aromatic rings. The zero-order chi connectivity index (χ0) is 22.8. The van der Waals surface area contributed by atoms with Crippen LogP contribution in [0.5, 0.6) is 0 Å². The molecule has 1 unspecified atom stereocenters. The molecular formula is C24H43F5O2. The minimum atomic E-state index is -5.41. The van der Waals surface area contributed by atoms with Gasteiger partial charge in [-0.15, -0.1) is 0 Å². The lowest BCUT2D eigenvalue weighted by Crippen LogP contribution is -2.36. The second kappa shape index (κ2) is 17.1. The number of rotatable bonds is 19. The molecule has 1 aliphatic rings. The number of ether oxygens (including phenoxy) is 2. The van der Waals surface area contributed by atoms with Gasteiger partial charge in [-0.25, -0.2) is 0 Å². The number of hydrogen-bond acceptors (Lipinski definition) is 2. The van der Waals surface area contributed by atoms with Gasteiger partial charge in [-0.05, 0) is 32.1 Å². The van der Waals surface area contributed by atoms with Gasteiger partial charge in [0.1, 0.15) is 0 Å². The van der Waals surface area contributed by atoms with Gasteiger partial charge >= 0.3 is 12.1 Å². The Hall–Kier alpha value is -0.430. The molecule has 0 aromatic heterocycles. The minimum absolute atomic E-state index is 0.0324. The normalized spacial score (nSPS) is 17.9. The van der Waals surface area contributed by atoms with Crippen LogP contribution in [0.3, 0.4) is 0 Å². The zero-order valence-corrected chi connectivity index (χ0v) is 19.1. The third kappa shape index (κ3) is 15.1. The first-order chi connectivity index (χ1) is 14.8. The first-order valence-electron chi connectivity index (χ1n) is 12.5. The molecule has 0 spiro atoms. The van der Waals surface area contributed by atoms with Crippen LogP contribution in [0.15, 0.2) is 0 Å². The molecule has 0 N–H and O–H groups in total. The van der Waals surface area contributed by atoms with Gasteiger partial charge in [0.05, 0.1) is 0 Å². The Morgan fingerprint density at radius 2 is 1.06 bits per heavy atom. The van der Waals surface area contributed by atoms with Gasteiger partial charge < -0.3 is 9.47 Å². The summed E-state index contributed by atoms with van der Waals surface area (Å²) in [5.74, 6) is -4.54. The number of alkyl halides is 5. The van der Waals surface area contributed by atoms with Crippen molar-refractivity contribution >= 4 is 0 Å². The van der Waals surface area contributed by atoms with E-state index in [9.17, 15) is 22.0 Å². The van der Waals surface area contributed by atoms with E-state index in [0.717, 1.165) is 58.2 Å². The van der Waals surface area contributed by atoms with Gasteiger partial charge in [0.25, 0.3) is 0 Å². The summed E-state index contributed by atoms with van der Waals surface area (Å²) in [5, 5.41) is 0. The van der Waals surface area contributed by atoms with E-state index in [1.807, 2.05) is 0 Å². The number of hydrogen-bond donors (Lipinski definition) is 0. The summed E-state index contributed by atoms with van der Waals surface area (Å²) in [6.45, 7) is 1.65. The topological polar surface area (TPSA) is 18.5 Å². The van der Waals surface area contributed by atoms with Crippen LogP contribution in [-0.2, 0) is 9.47 Å². The third-order valence-corrected chi connectivity index (χ3v) is 5.99. The van der Waals surface area contributed by atoms with E-state index in [1.54, 1.807) is 0 Å². The highest BCUT2D eigenvalue weighted by Crippen LogP contribution is 2.39. The van der Waals surface area contributed by atoms with Crippen LogP contribution in [0, 0.1) is 0 Å². The van der Waals surface area contributed by atoms with Gasteiger partial charge in [0.15, 0.2) is 6.29 Å². The van der Waals surface area contributed by atoms with Crippen LogP contribution >= 0.6 is 0 Å². The van der Waals surface area contributed by atoms with Crippen LogP contribution in [-0.4, -0.2) is 31.6 Å². The maximum absolute atomic E-state index is 12.8. The van der Waals surface area contributed by atoms with E-state index < -0.39 is 18.5 Å². The summed E-state index contributed by atoms with van der Waals surface area (Å²) >= 11 is 0. The van der Waals surface area contributed by atoms with Crippen molar-refractivity contribution < 1.29 is 31.4 Å². The summed E-state index contributed by atoms with van der Waals surface area (Å²) in [7, 11) is 0. The van der Waals surface area contributed by atoms with Gasteiger partial charge in [-0.1, -0.05) is 83.5 Å². The molecule has 1 heterocycles. The molecule has 0 saturated carbocycles. The van der Waals surface area contributed by atoms with Crippen molar-refractivity contribution in [3.63, 3.8) is 0 Å². The summed E-state index contributed by atoms with van der Waals surface area (Å²) in [6, 6.07) is 0. The predicted molar refractivity (Wildman–Crippen MR) is 114 cm³/mol. The molecule has 2 nitrogen and oxygen atoms in total. The highest BCUT2D eigenvalue weighted by molar-refractivity contribution is 4.75. The van der Waals surface area contributed by atoms with Crippen molar-refractivity contribution in [3.05, 3.63) is 0 Å². The van der Waals surface area contributed by atoms with Crippen LogP contribution in [0.1, 0.15) is 122 Å². The molecule has 1 saturated heterocycles. The van der Waals surface area contributed by atoms with E-state index in [-0.39, 0.29) is 12.7 Å². The molecular weight excluding hydrogens is 415 g/mol. The molecule has 0 aliphatic carbocycles. The Bertz CT molecular complexity index is 409. The molecule has 0 bridgehead atoms. The highest BCUT2D eigenvalue weighted by Gasteiger charge is 2.56. The second-order valence-electron chi connectivity index (χ2n) is 8.92. The number of halogens is 5. The van der Waals surface area contributed by atoms with Gasteiger partial charge in [0, 0.05) is 19.6 Å². The van der Waals surface area contributed by atoms with Gasteiger partial charge in [0.2, 0.25) is 0 Å². The largest absolute Gasteiger partial charge is 0.453 e. The van der Waals surface area contributed by atoms with Crippen molar-refractivity contribution in [3.8, 4) is 0 Å². The standard InChI is InChI=1S/C24H43F5O2/c25-23(26,24(27,28)29)19-15-12-10-8-6-4-2-1-3-5-7-9-11-13-16-20-30-22-18-14-17-21-31-22/h22H,1-21H2. The average Bonchev–Trinajstić information content (AvgIpc) is 2.72. The minimum Gasteiger partial charge on any atom is -0.353 e. The third-order valence-electron chi connectivity index (χ3n) is 5.99. The Labute approximate surface area is 185 Å². The zero-order valence-electron chi connectivity index (χ0n) is 19.1. The number of unbranched alkanes of at least 4 members (excludes halogenated alkanes) is 14. The van der Waals surface area contributed by atoms with Crippen molar-refractivity contribution in [2.75, 3.05) is 13.2 Å². The maximum atomic E-state index is 12.8. The molecule has 7 heteroatoms. The van der Waals surface area contributed by atoms with E-state index in [4.69, 9.17) is 9.47 Å². The van der Waals surface area contributed by atoms with Crippen molar-refractivity contribution in [1.82, 2.24) is 0 Å². The summed E-state index contributed by atoms with van der Waals surface area (Å²) in [4.78, 5) is 0. The Kier molecular flexibility index (Phi) is 15.8. The average molecular weight is 459 g/mol. The lowest BCUT2D eigenvalue weighted by atomic mass is 10.0. The summed E-state index contributed by atoms with van der Waals surface area (Å²) < 4.78 is 72.9. The van der Waals surface area contributed by atoms with Crippen LogP contribution in [0.25, 0.3) is 0 Å². The molecule has 0 aromatic carbocycles. The van der Waals surface area contributed by atoms with Crippen LogP contribution in [0.2, 0.25) is 0 Å². The van der Waals surface area contributed by atoms with Crippen molar-refractivity contribution in [2.45, 2.75) is 140 Å². The molecule has 186 valence electrons. The van der Waals surface area contributed by atoms with E-state index in [1.165, 1.54) is 57.8 Å². The van der Waals surface area contributed by atoms with E-state index in [2.05, 4.69) is 0 Å². The lowest BCUT2D eigenvalue weighted by Gasteiger charge is -2.22. The van der Waals surface area contributed by atoms with Gasteiger partial charge in [-0.2, -0.15) is 22.0 Å². The molecule has 1 rings (SSSR count). The molecule has 0 amide bonds. The van der Waals surface area contributed by atoms with Crippen molar-refractivity contribution in [2.24, 2.45) is 0 Å². The SMILES string of the molecule is FC(F)(F)C(F)(F)CCCCCCCCCCCCCCCCCOC1CCCCO1. The fourth-order valence-corrected chi connectivity index (χ4v) is 3.95. The Morgan fingerprint density at radius 3 is 1.48 bits per heavy atom. The molecule has 1 atom stereocenters. The Morgan fingerprint density at radius 1 is 0.613 bits per heavy atom. The first-order valence-corrected chi connectivity index (χ1v) is 12.5. The predicted octanol–water partition coefficient (Wildman–Crippen LogP) is 8.97. The fourth-order valence-electron chi connectivity index (χ4n) is 3.95. The molecule has 31 heavy (non-hydrogen) atoms. The smallest absolute Gasteiger partial charge is 0.353 e.